The number of carbonyl (C=O) groups is 1. The highest BCUT2D eigenvalue weighted by Gasteiger charge is 2.14. The van der Waals surface area contributed by atoms with Crippen LogP contribution >= 0.6 is 0 Å². The van der Waals surface area contributed by atoms with Crippen LogP contribution in [0.4, 0.5) is 11.4 Å². The maximum absolute atomic E-state index is 10.8. The zero-order valence-corrected chi connectivity index (χ0v) is 16.7. The zero-order chi connectivity index (χ0) is 20.0. The number of aryl methyl sites for hydroxylation is 1. The number of pyridine rings is 1. The largest absolute Gasteiger partial charge is 0.386 e. The van der Waals surface area contributed by atoms with Crippen molar-refractivity contribution in [3.05, 3.63) is 77.2 Å². The second-order valence-corrected chi connectivity index (χ2v) is 6.62. The predicted molar refractivity (Wildman–Crippen MR) is 116 cm³/mol. The number of carbonyl (C=O) groups excluding carboxylic acids is 1. The van der Waals surface area contributed by atoms with E-state index in [-0.39, 0.29) is 0 Å². The van der Waals surface area contributed by atoms with Crippen molar-refractivity contribution >= 4 is 28.9 Å². The molecule has 0 radical (unpaired) electrons. The third kappa shape index (κ3) is 4.53. The first-order valence-corrected chi connectivity index (χ1v) is 8.89. The van der Waals surface area contributed by atoms with Gasteiger partial charge in [0.1, 0.15) is 0 Å². The number of nitrogens with one attached hydrogen (secondary N) is 2. The number of benzene rings is 1. The lowest BCUT2D eigenvalue weighted by Crippen LogP contribution is -2.02. The van der Waals surface area contributed by atoms with Crippen molar-refractivity contribution in [2.45, 2.75) is 27.7 Å². The van der Waals surface area contributed by atoms with E-state index in [1.807, 2.05) is 38.4 Å². The summed E-state index contributed by atoms with van der Waals surface area (Å²) in [6.45, 7) is 12.1. The van der Waals surface area contributed by atoms with Crippen LogP contribution in [0.3, 0.4) is 0 Å². The van der Waals surface area contributed by atoms with Gasteiger partial charge in [-0.05, 0) is 73.7 Å². The molecule has 4 heteroatoms. The Labute approximate surface area is 161 Å². The lowest BCUT2D eigenvalue weighted by atomic mass is 9.90. The molecule has 4 nitrogen and oxygen atoms in total. The second-order valence-electron chi connectivity index (χ2n) is 6.62. The molecule has 0 saturated heterocycles. The summed E-state index contributed by atoms with van der Waals surface area (Å²) in [5.74, 6) is 0. The van der Waals surface area contributed by atoms with Gasteiger partial charge in [0.25, 0.3) is 0 Å². The van der Waals surface area contributed by atoms with E-state index in [1.165, 1.54) is 5.57 Å². The Hall–Kier alpha value is -3.14. The van der Waals surface area contributed by atoms with E-state index in [0.29, 0.717) is 6.41 Å². The topological polar surface area (TPSA) is 54.0 Å². The van der Waals surface area contributed by atoms with Crippen molar-refractivity contribution in [1.29, 1.82) is 0 Å². The summed E-state index contributed by atoms with van der Waals surface area (Å²) < 4.78 is 0. The Morgan fingerprint density at radius 1 is 1.15 bits per heavy atom. The molecule has 2 aromatic rings. The van der Waals surface area contributed by atoms with Gasteiger partial charge in [-0.1, -0.05) is 30.4 Å². The standard InChI is InChI=1S/C23H27N3O/c1-7-8-16(4)21-12-19(17(5)13-25-21)23(15(2)3)18-9-10-20(26-14-27)22(11-18)24-6/h7-14,24H,1H2,2-6H3,(H,26,27)/b16-8+. The molecule has 0 aliphatic heterocycles. The molecule has 1 heterocycles. The molecule has 1 aromatic heterocycles. The molecule has 0 atom stereocenters. The van der Waals surface area contributed by atoms with Gasteiger partial charge in [0.2, 0.25) is 6.41 Å². The van der Waals surface area contributed by atoms with Crippen LogP contribution in [-0.2, 0) is 4.79 Å². The van der Waals surface area contributed by atoms with Crippen LogP contribution in [0.25, 0.3) is 11.1 Å². The highest BCUT2D eigenvalue weighted by atomic mass is 16.1. The van der Waals surface area contributed by atoms with Crippen molar-refractivity contribution in [3.63, 3.8) is 0 Å². The smallest absolute Gasteiger partial charge is 0.211 e. The molecule has 0 spiro atoms. The minimum atomic E-state index is 0.686. The number of rotatable bonds is 7. The molecule has 140 valence electrons. The maximum atomic E-state index is 10.8. The van der Waals surface area contributed by atoms with Gasteiger partial charge in [-0.2, -0.15) is 0 Å². The van der Waals surface area contributed by atoms with E-state index in [2.05, 4.69) is 55.1 Å². The quantitative estimate of drug-likeness (QED) is 0.510. The lowest BCUT2D eigenvalue weighted by molar-refractivity contribution is -0.105. The maximum Gasteiger partial charge on any atom is 0.211 e. The Balaban J connectivity index is 2.65. The van der Waals surface area contributed by atoms with E-state index in [1.54, 1.807) is 6.08 Å². The first-order valence-electron chi connectivity index (χ1n) is 8.89. The first kappa shape index (κ1) is 20.2. The van der Waals surface area contributed by atoms with E-state index in [9.17, 15) is 4.79 Å². The van der Waals surface area contributed by atoms with E-state index >= 15 is 0 Å². The fraction of sp³-hybridized carbons (Fsp3) is 0.217. The van der Waals surface area contributed by atoms with E-state index in [0.717, 1.165) is 44.9 Å². The van der Waals surface area contributed by atoms with Gasteiger partial charge >= 0.3 is 0 Å². The molecular formula is C23H27N3O. The van der Waals surface area contributed by atoms with Crippen molar-refractivity contribution in [3.8, 4) is 0 Å². The van der Waals surface area contributed by atoms with Gasteiger partial charge in [0.15, 0.2) is 0 Å². The molecule has 0 unspecified atom stereocenters. The van der Waals surface area contributed by atoms with Crippen LogP contribution in [-0.4, -0.2) is 18.4 Å². The number of anilines is 2. The predicted octanol–water partition coefficient (Wildman–Crippen LogP) is 5.43. The SMILES string of the molecule is C=C/C=C(\C)c1cc(C(=C(C)C)c2ccc(NC=O)c(NC)c2)c(C)cn1. The lowest BCUT2D eigenvalue weighted by Gasteiger charge is -2.17. The van der Waals surface area contributed by atoms with Crippen LogP contribution < -0.4 is 10.6 Å². The Morgan fingerprint density at radius 2 is 1.89 bits per heavy atom. The molecule has 0 saturated carbocycles. The monoisotopic (exact) mass is 361 g/mol. The first-order chi connectivity index (χ1) is 12.9. The van der Waals surface area contributed by atoms with E-state index < -0.39 is 0 Å². The number of amides is 1. The van der Waals surface area contributed by atoms with Crippen LogP contribution in [0.2, 0.25) is 0 Å². The summed E-state index contributed by atoms with van der Waals surface area (Å²) >= 11 is 0. The summed E-state index contributed by atoms with van der Waals surface area (Å²) in [7, 11) is 1.84. The van der Waals surface area contributed by atoms with Crippen LogP contribution in [0.15, 0.2) is 54.8 Å². The molecule has 0 bridgehead atoms. The molecule has 0 aliphatic rings. The van der Waals surface area contributed by atoms with Crippen molar-refractivity contribution < 1.29 is 4.79 Å². The number of hydrogen-bond donors (Lipinski definition) is 2. The summed E-state index contributed by atoms with van der Waals surface area (Å²) in [4.78, 5) is 15.4. The molecule has 1 aromatic carbocycles. The third-order valence-electron chi connectivity index (χ3n) is 4.44. The Bertz CT molecular complexity index is 919. The van der Waals surface area contributed by atoms with E-state index in [4.69, 9.17) is 0 Å². The zero-order valence-electron chi connectivity index (χ0n) is 16.7. The highest BCUT2D eigenvalue weighted by molar-refractivity contribution is 5.89. The number of hydrogen-bond acceptors (Lipinski definition) is 3. The molecule has 2 rings (SSSR count). The third-order valence-corrected chi connectivity index (χ3v) is 4.44. The normalized spacial score (nSPS) is 10.9. The summed E-state index contributed by atoms with van der Waals surface area (Å²) in [5.41, 5.74) is 9.34. The van der Waals surface area contributed by atoms with Gasteiger partial charge in [-0.15, -0.1) is 0 Å². The minimum absolute atomic E-state index is 0.686. The Kier molecular flexibility index (Phi) is 6.72. The number of aromatic nitrogens is 1. The number of nitrogens with zero attached hydrogens (tertiary/aromatic N) is 1. The fourth-order valence-electron chi connectivity index (χ4n) is 3.08. The van der Waals surface area contributed by atoms with Gasteiger partial charge in [-0.25, -0.2) is 0 Å². The molecule has 27 heavy (non-hydrogen) atoms. The fourth-order valence-corrected chi connectivity index (χ4v) is 3.08. The Morgan fingerprint density at radius 3 is 2.48 bits per heavy atom. The van der Waals surface area contributed by atoms with Gasteiger partial charge in [-0.3, -0.25) is 9.78 Å². The average Bonchev–Trinajstić information content (AvgIpc) is 2.64. The van der Waals surface area contributed by atoms with Gasteiger partial charge in [0.05, 0.1) is 17.1 Å². The van der Waals surface area contributed by atoms with Crippen molar-refractivity contribution in [2.24, 2.45) is 0 Å². The van der Waals surface area contributed by atoms with Crippen LogP contribution in [0.1, 0.15) is 43.2 Å². The minimum Gasteiger partial charge on any atom is -0.386 e. The van der Waals surface area contributed by atoms with Gasteiger partial charge < -0.3 is 10.6 Å². The summed E-state index contributed by atoms with van der Waals surface area (Å²) in [5, 5.41) is 5.88. The number of allylic oxidation sites excluding steroid dienone is 4. The van der Waals surface area contributed by atoms with Crippen molar-refractivity contribution in [2.75, 3.05) is 17.7 Å². The van der Waals surface area contributed by atoms with Gasteiger partial charge in [0, 0.05) is 13.2 Å². The second kappa shape index (κ2) is 8.99. The van der Waals surface area contributed by atoms with Crippen LogP contribution in [0.5, 0.6) is 0 Å². The van der Waals surface area contributed by atoms with Crippen molar-refractivity contribution in [1.82, 2.24) is 4.98 Å². The molecule has 0 fully saturated rings. The van der Waals surface area contributed by atoms with Crippen LogP contribution in [0, 0.1) is 6.92 Å². The average molecular weight is 361 g/mol. The summed E-state index contributed by atoms with van der Waals surface area (Å²) in [6, 6.07) is 8.13. The highest BCUT2D eigenvalue weighted by Crippen LogP contribution is 2.34. The molecule has 1 amide bonds. The summed E-state index contributed by atoms with van der Waals surface area (Å²) in [6.07, 6.45) is 6.33. The molecular weight excluding hydrogens is 334 g/mol. The molecule has 2 N–H and O–H groups in total. The molecule has 0 aliphatic carbocycles.